The highest BCUT2D eigenvalue weighted by molar-refractivity contribution is 9.10. The standard InChI is InChI=1S/C13H15BrN4S/c1-8-5-6-15-12(16-8)19-10-7-9(14)17-11(18-10)13(2,3)4/h5-7H,1-4H3. The summed E-state index contributed by atoms with van der Waals surface area (Å²) in [6, 6.07) is 3.76. The molecule has 0 bridgehead atoms. The third-order valence-corrected chi connectivity index (χ3v) is 3.51. The zero-order valence-corrected chi connectivity index (χ0v) is 13.7. The third kappa shape index (κ3) is 3.98. The van der Waals surface area contributed by atoms with E-state index in [4.69, 9.17) is 0 Å². The van der Waals surface area contributed by atoms with Crippen LogP contribution in [-0.2, 0) is 5.41 Å². The van der Waals surface area contributed by atoms with Crippen LogP contribution in [0.2, 0.25) is 0 Å². The minimum atomic E-state index is -0.0907. The predicted octanol–water partition coefficient (Wildman–Crippen LogP) is 3.79. The van der Waals surface area contributed by atoms with Crippen molar-refractivity contribution in [3.63, 3.8) is 0 Å². The Morgan fingerprint density at radius 3 is 2.53 bits per heavy atom. The first-order chi connectivity index (χ1) is 8.84. The molecule has 0 saturated carbocycles. The van der Waals surface area contributed by atoms with Gasteiger partial charge < -0.3 is 0 Å². The molecule has 4 nitrogen and oxygen atoms in total. The molecular formula is C13H15BrN4S. The lowest BCUT2D eigenvalue weighted by Gasteiger charge is -2.17. The molecule has 0 radical (unpaired) electrons. The summed E-state index contributed by atoms with van der Waals surface area (Å²) < 4.78 is 0.780. The summed E-state index contributed by atoms with van der Waals surface area (Å²) in [6.07, 6.45) is 1.76. The van der Waals surface area contributed by atoms with Crippen molar-refractivity contribution in [2.75, 3.05) is 0 Å². The number of aromatic nitrogens is 4. The summed E-state index contributed by atoms with van der Waals surface area (Å²) in [5.41, 5.74) is 0.855. The Bertz CT molecular complexity index is 595. The fourth-order valence-electron chi connectivity index (χ4n) is 1.35. The van der Waals surface area contributed by atoms with Crippen molar-refractivity contribution in [3.05, 3.63) is 34.5 Å². The molecule has 0 aliphatic carbocycles. The van der Waals surface area contributed by atoms with Gasteiger partial charge in [0.15, 0.2) is 5.16 Å². The highest BCUT2D eigenvalue weighted by Gasteiger charge is 2.19. The zero-order valence-electron chi connectivity index (χ0n) is 11.3. The van der Waals surface area contributed by atoms with Crippen LogP contribution in [0.5, 0.6) is 0 Å². The van der Waals surface area contributed by atoms with Crippen molar-refractivity contribution in [1.82, 2.24) is 19.9 Å². The van der Waals surface area contributed by atoms with Gasteiger partial charge in [0.1, 0.15) is 15.5 Å². The van der Waals surface area contributed by atoms with E-state index in [1.807, 2.05) is 19.1 Å². The normalized spacial score (nSPS) is 11.6. The van der Waals surface area contributed by atoms with E-state index in [1.165, 1.54) is 11.8 Å². The fraction of sp³-hybridized carbons (Fsp3) is 0.385. The molecule has 0 unspecified atom stereocenters. The third-order valence-electron chi connectivity index (χ3n) is 2.31. The van der Waals surface area contributed by atoms with Crippen LogP contribution in [0.25, 0.3) is 0 Å². The van der Waals surface area contributed by atoms with E-state index < -0.39 is 0 Å². The first-order valence-electron chi connectivity index (χ1n) is 5.87. The van der Waals surface area contributed by atoms with Crippen LogP contribution < -0.4 is 0 Å². The number of hydrogen-bond acceptors (Lipinski definition) is 5. The van der Waals surface area contributed by atoms with Crippen molar-refractivity contribution < 1.29 is 0 Å². The van der Waals surface area contributed by atoms with Gasteiger partial charge in [-0.2, -0.15) is 0 Å². The molecule has 19 heavy (non-hydrogen) atoms. The molecule has 2 rings (SSSR count). The van der Waals surface area contributed by atoms with Crippen molar-refractivity contribution in [2.45, 2.75) is 43.3 Å². The second-order valence-electron chi connectivity index (χ2n) is 5.19. The predicted molar refractivity (Wildman–Crippen MR) is 79.3 cm³/mol. The van der Waals surface area contributed by atoms with E-state index in [0.717, 1.165) is 21.1 Å². The topological polar surface area (TPSA) is 51.6 Å². The Morgan fingerprint density at radius 1 is 1.16 bits per heavy atom. The number of rotatable bonds is 2. The van der Waals surface area contributed by atoms with E-state index >= 15 is 0 Å². The number of halogens is 1. The summed E-state index contributed by atoms with van der Waals surface area (Å²) in [4.78, 5) is 17.6. The first-order valence-corrected chi connectivity index (χ1v) is 7.48. The van der Waals surface area contributed by atoms with Gasteiger partial charge in [0, 0.05) is 23.4 Å². The molecule has 0 aliphatic heterocycles. The molecule has 0 amide bonds. The molecule has 2 aromatic rings. The van der Waals surface area contributed by atoms with Gasteiger partial charge in [0.05, 0.1) is 0 Å². The summed E-state index contributed by atoms with van der Waals surface area (Å²) >= 11 is 4.87. The van der Waals surface area contributed by atoms with E-state index in [2.05, 4.69) is 56.6 Å². The maximum atomic E-state index is 4.57. The van der Waals surface area contributed by atoms with Crippen molar-refractivity contribution in [2.24, 2.45) is 0 Å². The molecule has 0 N–H and O–H groups in total. The lowest BCUT2D eigenvalue weighted by molar-refractivity contribution is 0.536. The average molecular weight is 339 g/mol. The summed E-state index contributed by atoms with van der Waals surface area (Å²) in [6.45, 7) is 8.22. The minimum Gasteiger partial charge on any atom is -0.231 e. The van der Waals surface area contributed by atoms with E-state index in [-0.39, 0.29) is 5.41 Å². The molecule has 6 heteroatoms. The monoisotopic (exact) mass is 338 g/mol. The summed E-state index contributed by atoms with van der Waals surface area (Å²) in [5, 5.41) is 1.54. The van der Waals surface area contributed by atoms with Gasteiger partial charge in [0.2, 0.25) is 0 Å². The fourth-order valence-corrected chi connectivity index (χ4v) is 2.68. The largest absolute Gasteiger partial charge is 0.231 e. The number of aryl methyl sites for hydroxylation is 1. The maximum Gasteiger partial charge on any atom is 0.194 e. The van der Waals surface area contributed by atoms with Crippen molar-refractivity contribution in [3.8, 4) is 0 Å². The molecule has 0 aliphatic rings. The molecule has 0 fully saturated rings. The van der Waals surface area contributed by atoms with E-state index in [1.54, 1.807) is 6.20 Å². The first kappa shape index (κ1) is 14.4. The second kappa shape index (κ2) is 5.54. The highest BCUT2D eigenvalue weighted by atomic mass is 79.9. The van der Waals surface area contributed by atoms with Crippen molar-refractivity contribution in [1.29, 1.82) is 0 Å². The van der Waals surface area contributed by atoms with E-state index in [9.17, 15) is 0 Å². The molecular weight excluding hydrogens is 324 g/mol. The van der Waals surface area contributed by atoms with Gasteiger partial charge in [-0.3, -0.25) is 0 Å². The Balaban J connectivity index is 2.33. The van der Waals surface area contributed by atoms with Crippen LogP contribution >= 0.6 is 27.7 Å². The Labute approximate surface area is 125 Å². The Hall–Kier alpha value is -1.01. The molecule has 0 spiro atoms. The maximum absolute atomic E-state index is 4.57. The summed E-state index contributed by atoms with van der Waals surface area (Å²) in [5.74, 6) is 0.803. The number of hydrogen-bond donors (Lipinski definition) is 0. The summed E-state index contributed by atoms with van der Waals surface area (Å²) in [7, 11) is 0. The zero-order chi connectivity index (χ0) is 14.0. The van der Waals surface area contributed by atoms with Gasteiger partial charge in [-0.25, -0.2) is 19.9 Å². The van der Waals surface area contributed by atoms with Gasteiger partial charge in [-0.1, -0.05) is 20.8 Å². The van der Waals surface area contributed by atoms with E-state index in [0.29, 0.717) is 5.16 Å². The van der Waals surface area contributed by atoms with Gasteiger partial charge >= 0.3 is 0 Å². The highest BCUT2D eigenvalue weighted by Crippen LogP contribution is 2.28. The lowest BCUT2D eigenvalue weighted by Crippen LogP contribution is -2.16. The molecule has 0 aromatic carbocycles. The smallest absolute Gasteiger partial charge is 0.194 e. The van der Waals surface area contributed by atoms with Crippen LogP contribution in [0.1, 0.15) is 32.3 Å². The molecule has 0 saturated heterocycles. The molecule has 0 atom stereocenters. The van der Waals surface area contributed by atoms with Crippen LogP contribution in [-0.4, -0.2) is 19.9 Å². The lowest BCUT2D eigenvalue weighted by atomic mass is 9.96. The van der Waals surface area contributed by atoms with Crippen LogP contribution in [0.3, 0.4) is 0 Å². The molecule has 2 heterocycles. The molecule has 100 valence electrons. The van der Waals surface area contributed by atoms with Gasteiger partial charge in [0.25, 0.3) is 0 Å². The minimum absolute atomic E-state index is 0.0907. The average Bonchev–Trinajstić information content (AvgIpc) is 2.26. The van der Waals surface area contributed by atoms with Gasteiger partial charge in [-0.15, -0.1) is 0 Å². The second-order valence-corrected chi connectivity index (χ2v) is 6.99. The Morgan fingerprint density at radius 2 is 1.89 bits per heavy atom. The van der Waals surface area contributed by atoms with Gasteiger partial charge in [-0.05, 0) is 40.7 Å². The van der Waals surface area contributed by atoms with Crippen LogP contribution in [0, 0.1) is 6.92 Å². The quantitative estimate of drug-likeness (QED) is 0.615. The number of nitrogens with zero attached hydrogens (tertiary/aromatic N) is 4. The molecule has 2 aromatic heterocycles. The van der Waals surface area contributed by atoms with Crippen molar-refractivity contribution >= 4 is 27.7 Å². The SMILES string of the molecule is Cc1ccnc(Sc2cc(Br)nc(C(C)(C)C)n2)n1. The Kier molecular flexibility index (Phi) is 4.20. The van der Waals surface area contributed by atoms with Crippen LogP contribution in [0.4, 0.5) is 0 Å². The van der Waals surface area contributed by atoms with Crippen LogP contribution in [0.15, 0.2) is 33.1 Å².